The molecule has 1 aromatic carbocycles. The highest BCUT2D eigenvalue weighted by Gasteiger charge is 2.18. The van der Waals surface area contributed by atoms with Crippen molar-refractivity contribution in [1.82, 2.24) is 20.2 Å². The summed E-state index contributed by atoms with van der Waals surface area (Å²) in [6.07, 6.45) is 1.56. The Morgan fingerprint density at radius 2 is 1.89 bits per heavy atom. The normalized spacial score (nSPS) is 11.9. The van der Waals surface area contributed by atoms with Crippen LogP contribution in [0.4, 0.5) is 5.82 Å². The Bertz CT molecular complexity index is 1150. The summed E-state index contributed by atoms with van der Waals surface area (Å²) >= 11 is 1.51. The van der Waals surface area contributed by atoms with E-state index in [1.165, 1.54) is 11.3 Å². The van der Waals surface area contributed by atoms with Gasteiger partial charge in [0, 0.05) is 17.5 Å². The molecule has 0 aliphatic heterocycles. The average molecular weight is 395 g/mol. The van der Waals surface area contributed by atoms with Crippen molar-refractivity contribution in [2.24, 2.45) is 0 Å². The van der Waals surface area contributed by atoms with Crippen molar-refractivity contribution in [2.75, 3.05) is 12.4 Å². The fourth-order valence-electron chi connectivity index (χ4n) is 3.11. The molecule has 3 heterocycles. The van der Waals surface area contributed by atoms with E-state index in [4.69, 9.17) is 4.74 Å². The molecule has 0 radical (unpaired) electrons. The first-order valence-corrected chi connectivity index (χ1v) is 9.70. The number of nitrogens with zero attached hydrogens (tertiary/aromatic N) is 4. The van der Waals surface area contributed by atoms with Gasteiger partial charge in [-0.3, -0.25) is 0 Å². The molecule has 0 aliphatic rings. The van der Waals surface area contributed by atoms with Crippen molar-refractivity contribution in [3.05, 3.63) is 47.3 Å². The molecule has 0 unspecified atom stereocenters. The van der Waals surface area contributed by atoms with Crippen LogP contribution < -0.4 is 10.1 Å². The fourth-order valence-corrected chi connectivity index (χ4v) is 4.21. The number of rotatable bonds is 5. The first-order valence-electron chi connectivity index (χ1n) is 8.88. The molecule has 2 N–H and O–H groups in total. The predicted molar refractivity (Wildman–Crippen MR) is 111 cm³/mol. The molecule has 4 aromatic rings. The van der Waals surface area contributed by atoms with E-state index in [0.717, 1.165) is 42.9 Å². The second-order valence-corrected chi connectivity index (χ2v) is 8.13. The van der Waals surface area contributed by atoms with E-state index >= 15 is 0 Å². The summed E-state index contributed by atoms with van der Waals surface area (Å²) < 4.78 is 6.24. The van der Waals surface area contributed by atoms with Gasteiger partial charge in [-0.05, 0) is 31.9 Å². The summed E-state index contributed by atoms with van der Waals surface area (Å²) in [6.45, 7) is 6.13. The lowest BCUT2D eigenvalue weighted by Crippen LogP contribution is -2.15. The Hall–Kier alpha value is -2.84. The molecule has 28 heavy (non-hydrogen) atoms. The van der Waals surface area contributed by atoms with Crippen LogP contribution in [0.25, 0.3) is 20.4 Å². The lowest BCUT2D eigenvalue weighted by molar-refractivity contribution is 0.0786. The lowest BCUT2D eigenvalue weighted by Gasteiger charge is -2.18. The van der Waals surface area contributed by atoms with Gasteiger partial charge < -0.3 is 15.2 Å². The van der Waals surface area contributed by atoms with Crippen LogP contribution in [0.1, 0.15) is 30.5 Å². The van der Waals surface area contributed by atoms with Crippen molar-refractivity contribution in [3.8, 4) is 5.88 Å². The zero-order valence-corrected chi connectivity index (χ0v) is 17.0. The van der Waals surface area contributed by atoms with Gasteiger partial charge in [0.2, 0.25) is 5.88 Å². The topological polar surface area (TPSA) is 93.1 Å². The van der Waals surface area contributed by atoms with Gasteiger partial charge in [0.15, 0.2) is 0 Å². The number of anilines is 1. The number of aliphatic hydroxyl groups is 1. The van der Waals surface area contributed by atoms with Crippen molar-refractivity contribution in [2.45, 2.75) is 32.9 Å². The summed E-state index contributed by atoms with van der Waals surface area (Å²) in [5.74, 6) is 1.27. The SMILES string of the molecule is COc1nnc2sc3c(NCc4ccc(C(C)(C)O)cc4)ncnc3c2c1C. The fraction of sp³-hybridized carbons (Fsp3) is 0.300. The van der Waals surface area contributed by atoms with Gasteiger partial charge in [-0.1, -0.05) is 24.3 Å². The third-order valence-electron chi connectivity index (χ3n) is 4.69. The first-order chi connectivity index (χ1) is 13.4. The van der Waals surface area contributed by atoms with Gasteiger partial charge in [-0.15, -0.1) is 21.5 Å². The van der Waals surface area contributed by atoms with Crippen LogP contribution in [0, 0.1) is 6.92 Å². The largest absolute Gasteiger partial charge is 0.480 e. The Kier molecular flexibility index (Phi) is 4.60. The molecule has 7 nitrogen and oxygen atoms in total. The number of ether oxygens (including phenoxy) is 1. The van der Waals surface area contributed by atoms with Crippen LogP contribution >= 0.6 is 11.3 Å². The quantitative estimate of drug-likeness (QED) is 0.531. The molecular formula is C20H21N5O2S. The maximum absolute atomic E-state index is 10.1. The monoisotopic (exact) mass is 395 g/mol. The van der Waals surface area contributed by atoms with Crippen molar-refractivity contribution < 1.29 is 9.84 Å². The third-order valence-corrected chi connectivity index (χ3v) is 5.76. The highest BCUT2D eigenvalue weighted by atomic mass is 32.1. The standard InChI is InChI=1S/C20H21N5O2S/c1-11-14-15-16(28-19(14)25-24-18(11)27-4)17(23-10-22-15)21-9-12-5-7-13(8-6-12)20(2,3)26/h5-8,10,26H,9H2,1-4H3,(H,21,22,23). The number of nitrogens with one attached hydrogen (secondary N) is 1. The van der Waals surface area contributed by atoms with Gasteiger partial charge in [-0.2, -0.15) is 0 Å². The van der Waals surface area contributed by atoms with Gasteiger partial charge in [0.25, 0.3) is 0 Å². The van der Waals surface area contributed by atoms with E-state index in [-0.39, 0.29) is 0 Å². The number of aromatic nitrogens is 4. The molecule has 4 rings (SSSR count). The number of aryl methyl sites for hydroxylation is 1. The molecule has 0 saturated carbocycles. The third kappa shape index (κ3) is 3.25. The molecule has 3 aromatic heterocycles. The maximum atomic E-state index is 10.1. The summed E-state index contributed by atoms with van der Waals surface area (Å²) in [6, 6.07) is 7.89. The number of methoxy groups -OCH3 is 1. The smallest absolute Gasteiger partial charge is 0.236 e. The van der Waals surface area contributed by atoms with Crippen LogP contribution in [-0.4, -0.2) is 32.4 Å². The minimum atomic E-state index is -0.845. The summed E-state index contributed by atoms with van der Waals surface area (Å²) in [7, 11) is 1.59. The summed E-state index contributed by atoms with van der Waals surface area (Å²) in [5, 5.41) is 22.8. The molecule has 0 bridgehead atoms. The molecule has 0 spiro atoms. The lowest BCUT2D eigenvalue weighted by atomic mass is 9.97. The van der Waals surface area contributed by atoms with Crippen LogP contribution in [0.5, 0.6) is 5.88 Å². The Balaban J connectivity index is 1.66. The van der Waals surface area contributed by atoms with Gasteiger partial charge >= 0.3 is 0 Å². The summed E-state index contributed by atoms with van der Waals surface area (Å²) in [5.41, 5.74) is 2.90. The molecule has 144 valence electrons. The minimum absolute atomic E-state index is 0.507. The second kappa shape index (κ2) is 6.96. The van der Waals surface area contributed by atoms with Crippen LogP contribution in [0.3, 0.4) is 0 Å². The van der Waals surface area contributed by atoms with E-state index in [1.807, 2.05) is 31.2 Å². The number of hydrogen-bond donors (Lipinski definition) is 2. The minimum Gasteiger partial charge on any atom is -0.480 e. The summed E-state index contributed by atoms with van der Waals surface area (Å²) in [4.78, 5) is 9.69. The molecule has 0 amide bonds. The molecule has 0 atom stereocenters. The molecule has 8 heteroatoms. The number of benzene rings is 1. The molecule has 0 fully saturated rings. The van der Waals surface area contributed by atoms with E-state index in [2.05, 4.69) is 25.5 Å². The van der Waals surface area contributed by atoms with E-state index in [9.17, 15) is 5.11 Å². The van der Waals surface area contributed by atoms with Crippen LogP contribution in [0.15, 0.2) is 30.6 Å². The van der Waals surface area contributed by atoms with Crippen LogP contribution in [0.2, 0.25) is 0 Å². The van der Waals surface area contributed by atoms with Crippen molar-refractivity contribution >= 4 is 37.6 Å². The highest BCUT2D eigenvalue weighted by Crippen LogP contribution is 2.38. The molecule has 0 aliphatic carbocycles. The number of fused-ring (bicyclic) bond motifs is 3. The zero-order valence-electron chi connectivity index (χ0n) is 16.1. The average Bonchev–Trinajstić information content (AvgIpc) is 3.06. The second-order valence-electron chi connectivity index (χ2n) is 7.13. The van der Waals surface area contributed by atoms with Crippen molar-refractivity contribution in [1.29, 1.82) is 0 Å². The van der Waals surface area contributed by atoms with E-state index < -0.39 is 5.60 Å². The maximum Gasteiger partial charge on any atom is 0.236 e. The zero-order chi connectivity index (χ0) is 19.9. The molecular weight excluding hydrogens is 374 g/mol. The number of hydrogen-bond acceptors (Lipinski definition) is 8. The molecule has 0 saturated heterocycles. The van der Waals surface area contributed by atoms with E-state index in [0.29, 0.717) is 12.4 Å². The van der Waals surface area contributed by atoms with E-state index in [1.54, 1.807) is 27.3 Å². The Morgan fingerprint density at radius 3 is 2.57 bits per heavy atom. The van der Waals surface area contributed by atoms with Gasteiger partial charge in [0.05, 0.1) is 22.9 Å². The highest BCUT2D eigenvalue weighted by molar-refractivity contribution is 7.26. The van der Waals surface area contributed by atoms with Gasteiger partial charge in [-0.25, -0.2) is 9.97 Å². The number of thiophene rings is 1. The predicted octanol–water partition coefficient (Wildman–Crippen LogP) is 3.79. The van der Waals surface area contributed by atoms with Crippen LogP contribution in [-0.2, 0) is 12.1 Å². The Morgan fingerprint density at radius 1 is 1.14 bits per heavy atom. The van der Waals surface area contributed by atoms with Crippen molar-refractivity contribution in [3.63, 3.8) is 0 Å². The van der Waals surface area contributed by atoms with Gasteiger partial charge in [0.1, 0.15) is 17.0 Å². The first kappa shape index (κ1) is 18.5. The Labute approximate surface area is 166 Å².